The lowest BCUT2D eigenvalue weighted by Crippen LogP contribution is -2.52. The molecule has 5 nitrogen and oxygen atoms in total. The van der Waals surface area contributed by atoms with E-state index in [4.69, 9.17) is 5.73 Å². The molecule has 0 saturated carbocycles. The van der Waals surface area contributed by atoms with Crippen molar-refractivity contribution in [2.45, 2.75) is 57.0 Å². The second-order valence-electron chi connectivity index (χ2n) is 9.18. The van der Waals surface area contributed by atoms with Crippen molar-refractivity contribution in [3.63, 3.8) is 0 Å². The Kier molecular flexibility index (Phi) is 9.12. The zero-order chi connectivity index (χ0) is 22.8. The van der Waals surface area contributed by atoms with E-state index < -0.39 is 0 Å². The summed E-state index contributed by atoms with van der Waals surface area (Å²) in [6, 6.07) is 21.5. The van der Waals surface area contributed by atoms with Gasteiger partial charge in [-0.05, 0) is 55.8 Å². The van der Waals surface area contributed by atoms with E-state index in [0.717, 1.165) is 51.7 Å². The monoisotopic (exact) mass is 436 g/mol. The number of nitrogens with one attached hydrogen (secondary N) is 2. The molecule has 1 fully saturated rings. The third-order valence-corrected chi connectivity index (χ3v) is 7.14. The van der Waals surface area contributed by atoms with Crippen LogP contribution in [0.2, 0.25) is 0 Å². The average molecular weight is 437 g/mol. The van der Waals surface area contributed by atoms with Gasteiger partial charge < -0.3 is 16.4 Å². The highest BCUT2D eigenvalue weighted by molar-refractivity contribution is 5.73. The molecule has 2 atom stereocenters. The Morgan fingerprint density at radius 1 is 1.09 bits per heavy atom. The largest absolute Gasteiger partial charge is 0.341 e. The van der Waals surface area contributed by atoms with E-state index in [1.54, 1.807) is 7.05 Å². The van der Waals surface area contributed by atoms with Crippen LogP contribution in [0.25, 0.3) is 0 Å². The molecule has 2 unspecified atom stereocenters. The first kappa shape index (κ1) is 24.3. The van der Waals surface area contributed by atoms with E-state index in [1.807, 2.05) is 0 Å². The number of urea groups is 1. The van der Waals surface area contributed by atoms with Gasteiger partial charge in [0.1, 0.15) is 0 Å². The summed E-state index contributed by atoms with van der Waals surface area (Å²) in [5, 5.41) is 5.91. The standard InChI is InChI=1S/C27H40N4O/c1-3-10-25(30-26(32)29-2)19-27(21-28,23-13-8-5-9-14-23)24-15-17-31(18-16-24)20-22-11-6-4-7-12-22/h4-9,11-14,24-25H,3,10,15-21,28H2,1-2H3,(H2,29,30,32). The van der Waals surface area contributed by atoms with Crippen LogP contribution in [-0.2, 0) is 12.0 Å². The van der Waals surface area contributed by atoms with Gasteiger partial charge in [-0.1, -0.05) is 74.0 Å². The van der Waals surface area contributed by atoms with Gasteiger partial charge in [0.2, 0.25) is 0 Å². The molecule has 1 aliphatic heterocycles. The molecule has 1 aliphatic rings. The summed E-state index contributed by atoms with van der Waals surface area (Å²) in [5.74, 6) is 0.493. The molecule has 1 heterocycles. The highest BCUT2D eigenvalue weighted by Crippen LogP contribution is 2.42. The maximum Gasteiger partial charge on any atom is 0.314 e. The molecule has 0 radical (unpaired) electrons. The number of hydrogen-bond donors (Lipinski definition) is 3. The average Bonchev–Trinajstić information content (AvgIpc) is 2.84. The first-order valence-corrected chi connectivity index (χ1v) is 12.1. The van der Waals surface area contributed by atoms with Crippen LogP contribution in [0.1, 0.15) is 50.2 Å². The van der Waals surface area contributed by atoms with E-state index in [-0.39, 0.29) is 17.5 Å². The Hall–Kier alpha value is -2.37. The Labute approximate surface area is 193 Å². The Bertz CT molecular complexity index is 805. The first-order chi connectivity index (χ1) is 15.6. The van der Waals surface area contributed by atoms with E-state index in [1.165, 1.54) is 11.1 Å². The zero-order valence-electron chi connectivity index (χ0n) is 19.7. The molecule has 0 bridgehead atoms. The maximum absolute atomic E-state index is 12.1. The summed E-state index contributed by atoms with van der Waals surface area (Å²) < 4.78 is 0. The number of nitrogens with two attached hydrogens (primary N) is 1. The van der Waals surface area contributed by atoms with Crippen molar-refractivity contribution in [3.05, 3.63) is 71.8 Å². The summed E-state index contributed by atoms with van der Waals surface area (Å²) >= 11 is 0. The maximum atomic E-state index is 12.1. The number of carbonyl (C=O) groups is 1. The second-order valence-corrected chi connectivity index (χ2v) is 9.18. The summed E-state index contributed by atoms with van der Waals surface area (Å²) in [6.07, 6.45) is 5.10. The number of rotatable bonds is 10. The molecule has 1 saturated heterocycles. The predicted octanol–water partition coefficient (Wildman–Crippen LogP) is 4.28. The smallest absolute Gasteiger partial charge is 0.314 e. The summed E-state index contributed by atoms with van der Waals surface area (Å²) in [5.41, 5.74) is 9.14. The Morgan fingerprint density at radius 3 is 2.28 bits per heavy atom. The number of carbonyl (C=O) groups excluding carboxylic acids is 1. The SMILES string of the molecule is CCCC(CC(CN)(c1ccccc1)C1CCN(Cc2ccccc2)CC1)NC(=O)NC. The lowest BCUT2D eigenvalue weighted by Gasteiger charge is -2.46. The fraction of sp³-hybridized carbons (Fsp3) is 0.519. The molecule has 4 N–H and O–H groups in total. The van der Waals surface area contributed by atoms with Gasteiger partial charge in [-0.2, -0.15) is 0 Å². The van der Waals surface area contributed by atoms with Gasteiger partial charge in [0.15, 0.2) is 0 Å². The summed E-state index contributed by atoms with van der Waals surface area (Å²) in [4.78, 5) is 14.7. The molecule has 5 heteroatoms. The molecule has 2 amide bonds. The van der Waals surface area contributed by atoms with Gasteiger partial charge in [-0.15, -0.1) is 0 Å². The van der Waals surface area contributed by atoms with E-state index in [9.17, 15) is 4.79 Å². The Morgan fingerprint density at radius 2 is 1.72 bits per heavy atom. The van der Waals surface area contributed by atoms with Crippen LogP contribution in [0.3, 0.4) is 0 Å². The van der Waals surface area contributed by atoms with Crippen LogP contribution in [0, 0.1) is 5.92 Å². The molecule has 174 valence electrons. The number of nitrogens with zero attached hydrogens (tertiary/aromatic N) is 1. The third-order valence-electron chi connectivity index (χ3n) is 7.14. The lowest BCUT2D eigenvalue weighted by molar-refractivity contribution is 0.111. The highest BCUT2D eigenvalue weighted by Gasteiger charge is 2.42. The minimum atomic E-state index is -0.138. The first-order valence-electron chi connectivity index (χ1n) is 12.1. The molecule has 2 aromatic rings. The Balaban J connectivity index is 1.79. The zero-order valence-corrected chi connectivity index (χ0v) is 19.7. The molecular formula is C27H40N4O. The molecule has 0 aliphatic carbocycles. The molecule has 2 aromatic carbocycles. The number of likely N-dealkylation sites (tertiary alicyclic amines) is 1. The fourth-order valence-corrected chi connectivity index (χ4v) is 5.41. The molecule has 0 spiro atoms. The van der Waals surface area contributed by atoms with Crippen molar-refractivity contribution >= 4 is 6.03 Å². The van der Waals surface area contributed by atoms with Gasteiger partial charge in [0, 0.05) is 31.6 Å². The van der Waals surface area contributed by atoms with Crippen LogP contribution >= 0.6 is 0 Å². The van der Waals surface area contributed by atoms with Crippen molar-refractivity contribution in [1.29, 1.82) is 0 Å². The second kappa shape index (κ2) is 12.0. The van der Waals surface area contributed by atoms with Crippen molar-refractivity contribution in [2.75, 3.05) is 26.7 Å². The van der Waals surface area contributed by atoms with Gasteiger partial charge in [-0.3, -0.25) is 4.90 Å². The number of hydrogen-bond acceptors (Lipinski definition) is 3. The van der Waals surface area contributed by atoms with Crippen LogP contribution in [0.5, 0.6) is 0 Å². The van der Waals surface area contributed by atoms with E-state index >= 15 is 0 Å². The number of piperidine rings is 1. The van der Waals surface area contributed by atoms with Crippen LogP contribution < -0.4 is 16.4 Å². The predicted molar refractivity (Wildman–Crippen MR) is 133 cm³/mol. The van der Waals surface area contributed by atoms with Crippen molar-refractivity contribution in [3.8, 4) is 0 Å². The minimum Gasteiger partial charge on any atom is -0.341 e. The molecule has 32 heavy (non-hydrogen) atoms. The van der Waals surface area contributed by atoms with Gasteiger partial charge in [0.25, 0.3) is 0 Å². The third kappa shape index (κ3) is 6.11. The van der Waals surface area contributed by atoms with Crippen LogP contribution in [0.15, 0.2) is 60.7 Å². The van der Waals surface area contributed by atoms with E-state index in [0.29, 0.717) is 12.5 Å². The minimum absolute atomic E-state index is 0.103. The van der Waals surface area contributed by atoms with E-state index in [2.05, 4.69) is 83.1 Å². The fourth-order valence-electron chi connectivity index (χ4n) is 5.41. The normalized spacial score (nSPS) is 18.0. The van der Waals surface area contributed by atoms with Crippen molar-refractivity contribution in [1.82, 2.24) is 15.5 Å². The lowest BCUT2D eigenvalue weighted by atomic mass is 9.63. The van der Waals surface area contributed by atoms with Crippen LogP contribution in [0.4, 0.5) is 4.79 Å². The van der Waals surface area contributed by atoms with Crippen LogP contribution in [-0.4, -0.2) is 43.7 Å². The van der Waals surface area contributed by atoms with Gasteiger partial charge in [0.05, 0.1) is 0 Å². The highest BCUT2D eigenvalue weighted by atomic mass is 16.2. The molecule has 0 aromatic heterocycles. The topological polar surface area (TPSA) is 70.4 Å². The molecule has 3 rings (SSSR count). The number of benzene rings is 2. The summed E-state index contributed by atoms with van der Waals surface area (Å²) in [6.45, 7) is 5.93. The van der Waals surface area contributed by atoms with Gasteiger partial charge >= 0.3 is 6.03 Å². The quantitative estimate of drug-likeness (QED) is 0.520. The van der Waals surface area contributed by atoms with Gasteiger partial charge in [-0.25, -0.2) is 4.79 Å². The van der Waals surface area contributed by atoms with Crippen molar-refractivity contribution < 1.29 is 4.79 Å². The number of amides is 2. The van der Waals surface area contributed by atoms with Crippen molar-refractivity contribution in [2.24, 2.45) is 11.7 Å². The summed E-state index contributed by atoms with van der Waals surface area (Å²) in [7, 11) is 1.67. The molecular weight excluding hydrogens is 396 g/mol.